The van der Waals surface area contributed by atoms with Gasteiger partial charge in [-0.1, -0.05) is 64.3 Å². The van der Waals surface area contributed by atoms with Gasteiger partial charge in [-0.3, -0.25) is 0 Å². The van der Waals surface area contributed by atoms with Crippen molar-refractivity contribution in [1.29, 1.82) is 0 Å². The summed E-state index contributed by atoms with van der Waals surface area (Å²) < 4.78 is 5.73. The number of allylic oxidation sites excluding steroid dienone is 1. The maximum atomic E-state index is 5.73. The summed E-state index contributed by atoms with van der Waals surface area (Å²) in [6.45, 7) is 7.44. The molecule has 0 aliphatic carbocycles. The summed E-state index contributed by atoms with van der Waals surface area (Å²) in [6, 6.07) is 8.46. The highest BCUT2D eigenvalue weighted by Gasteiger charge is 1.98. The number of rotatable bonds is 10. The van der Waals surface area contributed by atoms with Gasteiger partial charge in [-0.2, -0.15) is 0 Å². The number of ether oxygens (including phenoxy) is 1. The first-order valence-electron chi connectivity index (χ1n) is 8.11. The minimum atomic E-state index is 0.583. The molecule has 0 heterocycles. The zero-order chi connectivity index (χ0) is 14.6. The van der Waals surface area contributed by atoms with Gasteiger partial charge < -0.3 is 4.74 Å². The van der Waals surface area contributed by atoms with Crippen LogP contribution in [0.3, 0.4) is 0 Å². The lowest BCUT2D eigenvalue weighted by atomic mass is 10.0. The third-order valence-corrected chi connectivity index (χ3v) is 3.49. The Hall–Kier alpha value is -1.24. The molecule has 0 aliphatic heterocycles. The van der Waals surface area contributed by atoms with Crippen molar-refractivity contribution in [3.05, 3.63) is 42.0 Å². The summed E-state index contributed by atoms with van der Waals surface area (Å²) in [5, 5.41) is 0. The van der Waals surface area contributed by atoms with Gasteiger partial charge in [-0.25, -0.2) is 0 Å². The molecule has 1 aromatic carbocycles. The van der Waals surface area contributed by atoms with Crippen molar-refractivity contribution in [2.45, 2.75) is 65.2 Å². The van der Waals surface area contributed by atoms with Crippen LogP contribution >= 0.6 is 0 Å². The number of hydrogen-bond acceptors (Lipinski definition) is 1. The lowest BCUT2D eigenvalue weighted by Crippen LogP contribution is -1.96. The highest BCUT2D eigenvalue weighted by molar-refractivity contribution is 5.28. The van der Waals surface area contributed by atoms with E-state index in [0.29, 0.717) is 5.92 Å². The molecule has 0 aliphatic rings. The van der Waals surface area contributed by atoms with E-state index in [-0.39, 0.29) is 0 Å². The molecule has 0 N–H and O–H groups in total. The summed E-state index contributed by atoms with van der Waals surface area (Å²) >= 11 is 0. The maximum absolute atomic E-state index is 5.73. The van der Waals surface area contributed by atoms with Crippen LogP contribution < -0.4 is 4.74 Å². The number of hydrogen-bond donors (Lipinski definition) is 0. The minimum Gasteiger partial charge on any atom is -0.493 e. The Morgan fingerprint density at radius 2 is 1.65 bits per heavy atom. The van der Waals surface area contributed by atoms with E-state index >= 15 is 0 Å². The summed E-state index contributed by atoms with van der Waals surface area (Å²) in [4.78, 5) is 0. The molecule has 1 heteroatoms. The second kappa shape index (κ2) is 10.5. The quantitative estimate of drug-likeness (QED) is 0.369. The smallest absolute Gasteiger partial charge is 0.119 e. The Morgan fingerprint density at radius 1 is 0.950 bits per heavy atom. The number of benzene rings is 1. The second-order valence-electron chi connectivity index (χ2n) is 5.68. The van der Waals surface area contributed by atoms with E-state index in [0.717, 1.165) is 18.8 Å². The first kappa shape index (κ1) is 16.8. The van der Waals surface area contributed by atoms with Crippen LogP contribution in [0.5, 0.6) is 5.75 Å². The molecule has 0 radical (unpaired) electrons. The fourth-order valence-electron chi connectivity index (χ4n) is 2.12. The van der Waals surface area contributed by atoms with E-state index < -0.39 is 0 Å². The van der Waals surface area contributed by atoms with Crippen LogP contribution in [0.2, 0.25) is 0 Å². The average Bonchev–Trinajstić information content (AvgIpc) is 2.46. The fourth-order valence-corrected chi connectivity index (χ4v) is 2.12. The predicted octanol–water partition coefficient (Wildman–Crippen LogP) is 6.11. The van der Waals surface area contributed by atoms with Gasteiger partial charge in [0.25, 0.3) is 0 Å². The zero-order valence-electron chi connectivity index (χ0n) is 13.4. The van der Waals surface area contributed by atoms with Gasteiger partial charge in [-0.15, -0.1) is 0 Å². The summed E-state index contributed by atoms with van der Waals surface area (Å²) in [5.74, 6) is 1.56. The molecule has 112 valence electrons. The van der Waals surface area contributed by atoms with Crippen molar-refractivity contribution >= 4 is 0 Å². The van der Waals surface area contributed by atoms with E-state index in [1.807, 2.05) is 0 Å². The minimum absolute atomic E-state index is 0.583. The largest absolute Gasteiger partial charge is 0.493 e. The Kier molecular flexibility index (Phi) is 8.86. The molecular weight excluding hydrogens is 244 g/mol. The van der Waals surface area contributed by atoms with E-state index in [1.165, 1.54) is 37.7 Å². The van der Waals surface area contributed by atoms with Crippen molar-refractivity contribution in [2.75, 3.05) is 6.61 Å². The van der Waals surface area contributed by atoms with Crippen molar-refractivity contribution < 1.29 is 4.74 Å². The average molecular weight is 274 g/mol. The first-order valence-corrected chi connectivity index (χ1v) is 8.11. The first-order chi connectivity index (χ1) is 9.74. The summed E-state index contributed by atoms with van der Waals surface area (Å²) in [6.07, 6.45) is 12.1. The third-order valence-electron chi connectivity index (χ3n) is 3.49. The maximum Gasteiger partial charge on any atom is 0.119 e. The third kappa shape index (κ3) is 7.37. The fraction of sp³-hybridized carbons (Fsp3) is 0.579. The summed E-state index contributed by atoms with van der Waals surface area (Å²) in [7, 11) is 0. The SMILES string of the molecule is CCCCCCC=CCCOc1ccc(C(C)C)cc1. The van der Waals surface area contributed by atoms with Crippen LogP contribution in [-0.4, -0.2) is 6.61 Å². The molecule has 0 fully saturated rings. The monoisotopic (exact) mass is 274 g/mol. The zero-order valence-corrected chi connectivity index (χ0v) is 13.4. The molecule has 0 bridgehead atoms. The van der Waals surface area contributed by atoms with Gasteiger partial charge in [0.2, 0.25) is 0 Å². The van der Waals surface area contributed by atoms with Crippen molar-refractivity contribution in [2.24, 2.45) is 0 Å². The molecule has 1 nitrogen and oxygen atoms in total. The molecule has 0 saturated carbocycles. The molecule has 0 amide bonds. The van der Waals surface area contributed by atoms with E-state index in [4.69, 9.17) is 4.74 Å². The van der Waals surface area contributed by atoms with Crippen LogP contribution in [0, 0.1) is 0 Å². The van der Waals surface area contributed by atoms with E-state index in [9.17, 15) is 0 Å². The normalized spacial score (nSPS) is 11.4. The molecule has 0 unspecified atom stereocenters. The second-order valence-corrected chi connectivity index (χ2v) is 5.68. The Balaban J connectivity index is 2.10. The van der Waals surface area contributed by atoms with Crippen molar-refractivity contribution in [3.8, 4) is 5.75 Å². The Bertz CT molecular complexity index is 362. The van der Waals surface area contributed by atoms with Gasteiger partial charge in [-0.05, 0) is 42.9 Å². The molecular formula is C19H30O. The van der Waals surface area contributed by atoms with Crippen LogP contribution in [0.1, 0.15) is 70.8 Å². The molecule has 1 aromatic rings. The van der Waals surface area contributed by atoms with E-state index in [1.54, 1.807) is 0 Å². The molecule has 0 aromatic heterocycles. The molecule has 0 atom stereocenters. The van der Waals surface area contributed by atoms with Gasteiger partial charge in [0.05, 0.1) is 6.61 Å². The highest BCUT2D eigenvalue weighted by Crippen LogP contribution is 2.18. The van der Waals surface area contributed by atoms with Crippen LogP contribution in [0.15, 0.2) is 36.4 Å². The lowest BCUT2D eigenvalue weighted by Gasteiger charge is -2.08. The van der Waals surface area contributed by atoms with Crippen molar-refractivity contribution in [3.63, 3.8) is 0 Å². The van der Waals surface area contributed by atoms with E-state index in [2.05, 4.69) is 57.2 Å². The topological polar surface area (TPSA) is 9.23 Å². The highest BCUT2D eigenvalue weighted by atomic mass is 16.5. The van der Waals surface area contributed by atoms with Crippen LogP contribution in [0.25, 0.3) is 0 Å². The van der Waals surface area contributed by atoms with Gasteiger partial charge in [0.1, 0.15) is 5.75 Å². The van der Waals surface area contributed by atoms with Gasteiger partial charge in [0.15, 0.2) is 0 Å². The number of unbranched alkanes of at least 4 members (excludes halogenated alkanes) is 4. The molecule has 0 spiro atoms. The lowest BCUT2D eigenvalue weighted by molar-refractivity contribution is 0.324. The molecule has 20 heavy (non-hydrogen) atoms. The van der Waals surface area contributed by atoms with Crippen LogP contribution in [0.4, 0.5) is 0 Å². The molecule has 1 rings (SSSR count). The Labute approximate surface area is 125 Å². The molecule has 0 saturated heterocycles. The van der Waals surface area contributed by atoms with Gasteiger partial charge in [0, 0.05) is 0 Å². The Morgan fingerprint density at radius 3 is 2.30 bits per heavy atom. The summed E-state index contributed by atoms with van der Waals surface area (Å²) in [5.41, 5.74) is 1.37. The standard InChI is InChI=1S/C19H30O/c1-4-5-6-7-8-9-10-11-16-20-19-14-12-18(13-15-19)17(2)3/h9-10,12-15,17H,4-8,11,16H2,1-3H3. The van der Waals surface area contributed by atoms with Crippen LogP contribution in [-0.2, 0) is 0 Å². The van der Waals surface area contributed by atoms with Gasteiger partial charge >= 0.3 is 0 Å². The predicted molar refractivity (Wildman–Crippen MR) is 88.5 cm³/mol. The van der Waals surface area contributed by atoms with Crippen molar-refractivity contribution in [1.82, 2.24) is 0 Å².